The molecule has 0 aliphatic rings. The van der Waals surface area contributed by atoms with Crippen LogP contribution in [0.5, 0.6) is 11.5 Å². The Bertz CT molecular complexity index is 642. The summed E-state index contributed by atoms with van der Waals surface area (Å²) in [4.78, 5) is 0. The highest BCUT2D eigenvalue weighted by Gasteiger charge is 2.05. The van der Waals surface area contributed by atoms with Crippen LogP contribution in [0.3, 0.4) is 0 Å². The molecule has 0 unspecified atom stereocenters. The van der Waals surface area contributed by atoms with E-state index < -0.39 is 6.10 Å². The van der Waals surface area contributed by atoms with Crippen LogP contribution in [0.2, 0.25) is 0 Å². The number of nitriles is 1. The number of nitrogens with zero attached hydrogens (tertiary/aromatic N) is 1. The smallest absolute Gasteiger partial charge is 0.136 e. The second kappa shape index (κ2) is 6.78. The first-order chi connectivity index (χ1) is 10.1. The van der Waals surface area contributed by atoms with Crippen molar-refractivity contribution in [1.82, 2.24) is 0 Å². The lowest BCUT2D eigenvalue weighted by Gasteiger charge is -2.10. The molecule has 0 aliphatic carbocycles. The third-order valence-electron chi connectivity index (χ3n) is 3.15. The molecule has 0 saturated carbocycles. The number of ether oxygens (including phenoxy) is 2. The number of rotatable bonds is 5. The van der Waals surface area contributed by atoms with E-state index in [-0.39, 0.29) is 0 Å². The van der Waals surface area contributed by atoms with E-state index in [1.54, 1.807) is 19.1 Å². The highest BCUT2D eigenvalue weighted by Crippen LogP contribution is 2.21. The zero-order valence-corrected chi connectivity index (χ0v) is 12.0. The van der Waals surface area contributed by atoms with Crippen LogP contribution in [0.4, 0.5) is 0 Å². The van der Waals surface area contributed by atoms with Crippen LogP contribution in [0.25, 0.3) is 0 Å². The lowest BCUT2D eigenvalue weighted by Crippen LogP contribution is -1.98. The summed E-state index contributed by atoms with van der Waals surface area (Å²) in [7, 11) is 1.54. The molecule has 4 nitrogen and oxygen atoms in total. The van der Waals surface area contributed by atoms with Crippen molar-refractivity contribution in [1.29, 1.82) is 5.26 Å². The Morgan fingerprint density at radius 2 is 1.90 bits per heavy atom. The molecule has 4 heteroatoms. The molecule has 0 saturated heterocycles. The van der Waals surface area contributed by atoms with Gasteiger partial charge in [0.1, 0.15) is 24.2 Å². The van der Waals surface area contributed by atoms with Crippen LogP contribution in [0, 0.1) is 11.3 Å². The van der Waals surface area contributed by atoms with E-state index in [0.717, 1.165) is 11.1 Å². The van der Waals surface area contributed by atoms with Gasteiger partial charge >= 0.3 is 0 Å². The van der Waals surface area contributed by atoms with Crippen molar-refractivity contribution in [2.24, 2.45) is 0 Å². The molecule has 2 aromatic carbocycles. The van der Waals surface area contributed by atoms with Gasteiger partial charge in [0.05, 0.1) is 18.8 Å². The molecular formula is C17H17NO3. The van der Waals surface area contributed by atoms with Crippen molar-refractivity contribution in [3.05, 3.63) is 59.2 Å². The number of benzene rings is 2. The van der Waals surface area contributed by atoms with Crippen LogP contribution in [-0.4, -0.2) is 12.2 Å². The molecule has 0 heterocycles. The second-order valence-electron chi connectivity index (χ2n) is 4.68. The predicted molar refractivity (Wildman–Crippen MR) is 79.1 cm³/mol. The van der Waals surface area contributed by atoms with Gasteiger partial charge in [-0.1, -0.05) is 18.2 Å². The molecule has 0 spiro atoms. The maximum Gasteiger partial charge on any atom is 0.136 e. The number of aliphatic hydroxyl groups excluding tert-OH is 1. The van der Waals surface area contributed by atoms with Crippen molar-refractivity contribution in [2.75, 3.05) is 7.11 Å². The number of aliphatic hydroxyl groups is 1. The average molecular weight is 283 g/mol. The van der Waals surface area contributed by atoms with E-state index in [2.05, 4.69) is 6.07 Å². The summed E-state index contributed by atoms with van der Waals surface area (Å²) >= 11 is 0. The number of hydrogen-bond donors (Lipinski definition) is 1. The number of hydrogen-bond acceptors (Lipinski definition) is 4. The predicted octanol–water partition coefficient (Wildman–Crippen LogP) is 3.20. The molecule has 2 aromatic rings. The monoisotopic (exact) mass is 283 g/mol. The van der Waals surface area contributed by atoms with Crippen LogP contribution < -0.4 is 9.47 Å². The van der Waals surface area contributed by atoms with Crippen molar-refractivity contribution in [2.45, 2.75) is 19.6 Å². The Kier molecular flexibility index (Phi) is 4.81. The first-order valence-electron chi connectivity index (χ1n) is 6.62. The zero-order chi connectivity index (χ0) is 15.2. The van der Waals surface area contributed by atoms with Crippen molar-refractivity contribution >= 4 is 0 Å². The summed E-state index contributed by atoms with van der Waals surface area (Å²) in [6.45, 7) is 2.09. The quantitative estimate of drug-likeness (QED) is 0.915. The first-order valence-corrected chi connectivity index (χ1v) is 6.62. The zero-order valence-electron chi connectivity index (χ0n) is 12.0. The molecule has 0 aromatic heterocycles. The Hall–Kier alpha value is -2.51. The van der Waals surface area contributed by atoms with Crippen molar-refractivity contribution in [3.63, 3.8) is 0 Å². The summed E-state index contributed by atoms with van der Waals surface area (Å²) < 4.78 is 10.8. The van der Waals surface area contributed by atoms with Gasteiger partial charge in [-0.25, -0.2) is 0 Å². The SMILES string of the molecule is COc1ccc(COc2ccc([C@@H](C)O)cc2)cc1C#N. The van der Waals surface area contributed by atoms with E-state index in [4.69, 9.17) is 14.7 Å². The van der Waals surface area contributed by atoms with Gasteiger partial charge in [-0.3, -0.25) is 0 Å². The molecule has 21 heavy (non-hydrogen) atoms. The maximum absolute atomic E-state index is 9.45. The van der Waals surface area contributed by atoms with E-state index in [0.29, 0.717) is 23.7 Å². The minimum absolute atomic E-state index is 0.368. The lowest BCUT2D eigenvalue weighted by molar-refractivity contribution is 0.199. The molecule has 1 N–H and O–H groups in total. The molecule has 1 atom stereocenters. The Morgan fingerprint density at radius 3 is 2.48 bits per heavy atom. The van der Waals surface area contributed by atoms with E-state index in [1.165, 1.54) is 7.11 Å². The maximum atomic E-state index is 9.45. The number of methoxy groups -OCH3 is 1. The highest BCUT2D eigenvalue weighted by molar-refractivity contribution is 5.45. The van der Waals surface area contributed by atoms with Crippen molar-refractivity contribution < 1.29 is 14.6 Å². The summed E-state index contributed by atoms with van der Waals surface area (Å²) in [6.07, 6.45) is -0.487. The summed E-state index contributed by atoms with van der Waals surface area (Å²) in [5.74, 6) is 1.27. The van der Waals surface area contributed by atoms with Gasteiger partial charge in [-0.05, 0) is 42.3 Å². The molecular weight excluding hydrogens is 266 g/mol. The third kappa shape index (κ3) is 3.74. The molecule has 0 aliphatic heterocycles. The minimum Gasteiger partial charge on any atom is -0.495 e. The average Bonchev–Trinajstić information content (AvgIpc) is 2.52. The summed E-state index contributed by atoms with van der Waals surface area (Å²) in [5, 5.41) is 18.5. The summed E-state index contributed by atoms with van der Waals surface area (Å²) in [5.41, 5.74) is 2.23. The van der Waals surface area contributed by atoms with Crippen LogP contribution in [0.1, 0.15) is 29.7 Å². The molecule has 0 radical (unpaired) electrons. The van der Waals surface area contributed by atoms with E-state index >= 15 is 0 Å². The van der Waals surface area contributed by atoms with E-state index in [9.17, 15) is 5.11 Å². The Balaban J connectivity index is 2.04. The van der Waals surface area contributed by atoms with E-state index in [1.807, 2.05) is 30.3 Å². The standard InChI is InChI=1S/C17H17NO3/c1-12(19)14-4-6-16(7-5-14)21-11-13-3-8-17(20-2)15(9-13)10-18/h3-9,12,19H,11H2,1-2H3/t12-/m1/s1. The molecule has 0 bridgehead atoms. The van der Waals surface area contributed by atoms with Gasteiger partial charge in [-0.2, -0.15) is 5.26 Å². The third-order valence-corrected chi connectivity index (χ3v) is 3.15. The minimum atomic E-state index is -0.487. The van der Waals surface area contributed by atoms with Crippen LogP contribution >= 0.6 is 0 Å². The Labute approximate surface area is 124 Å². The molecule has 0 fully saturated rings. The van der Waals surface area contributed by atoms with Gasteiger partial charge in [0.15, 0.2) is 0 Å². The molecule has 2 rings (SSSR count). The molecule has 0 amide bonds. The van der Waals surface area contributed by atoms with Crippen LogP contribution in [0.15, 0.2) is 42.5 Å². The fourth-order valence-corrected chi connectivity index (χ4v) is 1.94. The largest absolute Gasteiger partial charge is 0.495 e. The van der Waals surface area contributed by atoms with Gasteiger partial charge in [0.2, 0.25) is 0 Å². The summed E-state index contributed by atoms with van der Waals surface area (Å²) in [6, 6.07) is 14.8. The highest BCUT2D eigenvalue weighted by atomic mass is 16.5. The van der Waals surface area contributed by atoms with Gasteiger partial charge < -0.3 is 14.6 Å². The molecule has 108 valence electrons. The second-order valence-corrected chi connectivity index (χ2v) is 4.68. The first kappa shape index (κ1) is 14.9. The fourth-order valence-electron chi connectivity index (χ4n) is 1.94. The van der Waals surface area contributed by atoms with Gasteiger partial charge in [0.25, 0.3) is 0 Å². The fraction of sp³-hybridized carbons (Fsp3) is 0.235. The van der Waals surface area contributed by atoms with Gasteiger partial charge in [0, 0.05) is 0 Å². The Morgan fingerprint density at radius 1 is 1.19 bits per heavy atom. The van der Waals surface area contributed by atoms with Crippen LogP contribution in [-0.2, 0) is 6.61 Å². The van der Waals surface area contributed by atoms with Crippen molar-refractivity contribution in [3.8, 4) is 17.6 Å². The normalized spacial score (nSPS) is 11.5. The topological polar surface area (TPSA) is 62.5 Å². The lowest BCUT2D eigenvalue weighted by atomic mass is 10.1. The van der Waals surface area contributed by atoms with Gasteiger partial charge in [-0.15, -0.1) is 0 Å².